The van der Waals surface area contributed by atoms with Crippen LogP contribution in [-0.2, 0) is 0 Å². The van der Waals surface area contributed by atoms with Crippen LogP contribution in [0.15, 0.2) is 9.85 Å². The number of thiophene rings is 1. The number of hydrogen-bond donors (Lipinski definition) is 1. The van der Waals surface area contributed by atoms with E-state index in [2.05, 4.69) is 37.2 Å². The molecule has 1 aromatic rings. The number of aryl methyl sites for hydroxylation is 1. The van der Waals surface area contributed by atoms with Crippen LogP contribution in [0.4, 0.5) is 0 Å². The van der Waals surface area contributed by atoms with Crippen LogP contribution in [0.1, 0.15) is 15.2 Å². The van der Waals surface area contributed by atoms with E-state index in [9.17, 15) is 4.79 Å². The largest absolute Gasteiger partial charge is 0.351 e. The van der Waals surface area contributed by atoms with Crippen LogP contribution in [0.25, 0.3) is 0 Å². The standard InChI is InChI=1S/C8H9Br2NOS/c1-5-4-6(13-7(5)10)8(12)11-3-2-9/h4H,2-3H2,1H3,(H,11,12). The zero-order chi connectivity index (χ0) is 9.84. The fourth-order valence-electron chi connectivity index (χ4n) is 0.820. The van der Waals surface area contributed by atoms with Gasteiger partial charge >= 0.3 is 0 Å². The quantitative estimate of drug-likeness (QED) is 0.850. The maximum Gasteiger partial charge on any atom is 0.261 e. The smallest absolute Gasteiger partial charge is 0.261 e. The summed E-state index contributed by atoms with van der Waals surface area (Å²) in [5.41, 5.74) is 1.11. The molecule has 0 aromatic carbocycles. The SMILES string of the molecule is Cc1cc(C(=O)NCCBr)sc1Br. The molecule has 1 rings (SSSR count). The van der Waals surface area contributed by atoms with Gasteiger partial charge in [0.15, 0.2) is 0 Å². The highest BCUT2D eigenvalue weighted by Gasteiger charge is 2.09. The van der Waals surface area contributed by atoms with Crippen molar-refractivity contribution in [3.63, 3.8) is 0 Å². The normalized spacial score (nSPS) is 10.1. The van der Waals surface area contributed by atoms with Crippen molar-refractivity contribution in [1.82, 2.24) is 5.32 Å². The number of halogens is 2. The fourth-order valence-corrected chi connectivity index (χ4v) is 2.47. The van der Waals surface area contributed by atoms with Gasteiger partial charge in [-0.05, 0) is 34.5 Å². The molecule has 1 aromatic heterocycles. The highest BCUT2D eigenvalue weighted by molar-refractivity contribution is 9.11. The number of carbonyl (C=O) groups is 1. The lowest BCUT2D eigenvalue weighted by atomic mass is 10.3. The lowest BCUT2D eigenvalue weighted by molar-refractivity contribution is 0.0960. The van der Waals surface area contributed by atoms with Crippen molar-refractivity contribution in [3.05, 3.63) is 20.3 Å². The van der Waals surface area contributed by atoms with Gasteiger partial charge in [-0.1, -0.05) is 15.9 Å². The molecular weight excluding hydrogens is 318 g/mol. The number of alkyl halides is 1. The van der Waals surface area contributed by atoms with Gasteiger partial charge in [0.2, 0.25) is 0 Å². The van der Waals surface area contributed by atoms with Crippen molar-refractivity contribution in [1.29, 1.82) is 0 Å². The molecule has 0 spiro atoms. The van der Waals surface area contributed by atoms with Crippen molar-refractivity contribution < 1.29 is 4.79 Å². The van der Waals surface area contributed by atoms with E-state index < -0.39 is 0 Å². The van der Waals surface area contributed by atoms with E-state index in [1.165, 1.54) is 11.3 Å². The van der Waals surface area contributed by atoms with Gasteiger partial charge in [-0.2, -0.15) is 0 Å². The number of carbonyl (C=O) groups excluding carboxylic acids is 1. The van der Waals surface area contributed by atoms with E-state index in [1.807, 2.05) is 13.0 Å². The topological polar surface area (TPSA) is 29.1 Å². The first-order valence-corrected chi connectivity index (χ1v) is 6.48. The molecule has 1 heterocycles. The molecule has 0 aliphatic carbocycles. The molecule has 72 valence electrons. The first-order valence-electron chi connectivity index (χ1n) is 3.75. The van der Waals surface area contributed by atoms with E-state index in [-0.39, 0.29) is 5.91 Å². The predicted octanol–water partition coefficient (Wildman–Crippen LogP) is 2.94. The van der Waals surface area contributed by atoms with Crippen LogP contribution in [-0.4, -0.2) is 17.8 Å². The molecule has 0 atom stereocenters. The minimum atomic E-state index is -0.00162. The second-order valence-corrected chi connectivity index (χ2v) is 5.68. The molecule has 2 nitrogen and oxygen atoms in total. The number of nitrogens with one attached hydrogen (secondary N) is 1. The average Bonchev–Trinajstić information content (AvgIpc) is 2.43. The molecular formula is C8H9Br2NOS. The van der Waals surface area contributed by atoms with Gasteiger partial charge in [-0.15, -0.1) is 11.3 Å². The average molecular weight is 327 g/mol. The summed E-state index contributed by atoms with van der Waals surface area (Å²) in [4.78, 5) is 12.2. The van der Waals surface area contributed by atoms with Gasteiger partial charge in [-0.3, -0.25) is 4.79 Å². The minimum Gasteiger partial charge on any atom is -0.351 e. The summed E-state index contributed by atoms with van der Waals surface area (Å²) in [7, 11) is 0. The molecule has 1 amide bonds. The van der Waals surface area contributed by atoms with Crippen molar-refractivity contribution in [2.75, 3.05) is 11.9 Å². The molecule has 5 heteroatoms. The van der Waals surface area contributed by atoms with Gasteiger partial charge in [0.05, 0.1) is 8.66 Å². The first kappa shape index (κ1) is 11.2. The summed E-state index contributed by atoms with van der Waals surface area (Å²) in [6.07, 6.45) is 0. The zero-order valence-corrected chi connectivity index (χ0v) is 11.1. The van der Waals surface area contributed by atoms with Gasteiger partial charge in [0, 0.05) is 11.9 Å². The van der Waals surface area contributed by atoms with Crippen molar-refractivity contribution in [2.24, 2.45) is 0 Å². The summed E-state index contributed by atoms with van der Waals surface area (Å²) in [6.45, 7) is 2.63. The Kier molecular flexibility index (Phi) is 4.41. The molecule has 0 radical (unpaired) electrons. The fraction of sp³-hybridized carbons (Fsp3) is 0.375. The Labute approximate surface area is 98.0 Å². The maximum atomic E-state index is 11.4. The Hall–Kier alpha value is 0.130. The third kappa shape index (κ3) is 3.07. The van der Waals surface area contributed by atoms with Crippen LogP contribution in [0.3, 0.4) is 0 Å². The lowest BCUT2D eigenvalue weighted by Crippen LogP contribution is -2.24. The lowest BCUT2D eigenvalue weighted by Gasteiger charge is -1.98. The van der Waals surface area contributed by atoms with E-state index in [4.69, 9.17) is 0 Å². The van der Waals surface area contributed by atoms with Crippen LogP contribution in [0, 0.1) is 6.92 Å². The highest BCUT2D eigenvalue weighted by atomic mass is 79.9. The van der Waals surface area contributed by atoms with Crippen LogP contribution in [0.2, 0.25) is 0 Å². The van der Waals surface area contributed by atoms with Crippen molar-refractivity contribution in [2.45, 2.75) is 6.92 Å². The Bertz CT molecular complexity index is 292. The molecule has 0 saturated carbocycles. The molecule has 1 N–H and O–H groups in total. The molecule has 0 unspecified atom stereocenters. The summed E-state index contributed by atoms with van der Waals surface area (Å²) in [5.74, 6) is -0.00162. The summed E-state index contributed by atoms with van der Waals surface area (Å²) in [5, 5.41) is 3.57. The first-order chi connectivity index (χ1) is 6.15. The molecule has 0 saturated heterocycles. The molecule has 0 bridgehead atoms. The van der Waals surface area contributed by atoms with Crippen LogP contribution < -0.4 is 5.32 Å². The number of rotatable bonds is 3. The Morgan fingerprint density at radius 1 is 1.69 bits per heavy atom. The van der Waals surface area contributed by atoms with Crippen molar-refractivity contribution >= 4 is 49.1 Å². The second-order valence-electron chi connectivity index (χ2n) is 2.51. The van der Waals surface area contributed by atoms with E-state index in [0.717, 1.165) is 19.6 Å². The molecule has 13 heavy (non-hydrogen) atoms. The van der Waals surface area contributed by atoms with Crippen LogP contribution >= 0.6 is 43.2 Å². The van der Waals surface area contributed by atoms with Crippen LogP contribution in [0.5, 0.6) is 0 Å². The number of hydrogen-bond acceptors (Lipinski definition) is 2. The van der Waals surface area contributed by atoms with Gasteiger partial charge in [0.25, 0.3) is 5.91 Å². The second kappa shape index (κ2) is 5.12. The summed E-state index contributed by atoms with van der Waals surface area (Å²) in [6, 6.07) is 1.89. The monoisotopic (exact) mass is 325 g/mol. The summed E-state index contributed by atoms with van der Waals surface area (Å²) >= 11 is 8.09. The Morgan fingerprint density at radius 3 is 2.85 bits per heavy atom. The zero-order valence-electron chi connectivity index (χ0n) is 7.06. The molecule has 0 aliphatic heterocycles. The Balaban J connectivity index is 2.66. The Morgan fingerprint density at radius 2 is 2.38 bits per heavy atom. The number of amides is 1. The third-order valence-corrected chi connectivity index (χ3v) is 3.99. The molecule has 0 fully saturated rings. The van der Waals surface area contributed by atoms with Gasteiger partial charge in [-0.25, -0.2) is 0 Å². The van der Waals surface area contributed by atoms with Crippen molar-refractivity contribution in [3.8, 4) is 0 Å². The third-order valence-electron chi connectivity index (χ3n) is 1.46. The maximum absolute atomic E-state index is 11.4. The van der Waals surface area contributed by atoms with Gasteiger partial charge < -0.3 is 5.32 Å². The van der Waals surface area contributed by atoms with E-state index in [1.54, 1.807) is 0 Å². The minimum absolute atomic E-state index is 0.00162. The van der Waals surface area contributed by atoms with E-state index >= 15 is 0 Å². The predicted molar refractivity (Wildman–Crippen MR) is 62.9 cm³/mol. The van der Waals surface area contributed by atoms with Gasteiger partial charge in [0.1, 0.15) is 0 Å². The van der Waals surface area contributed by atoms with E-state index in [0.29, 0.717) is 6.54 Å². The highest BCUT2D eigenvalue weighted by Crippen LogP contribution is 2.26. The molecule has 0 aliphatic rings. The summed E-state index contributed by atoms with van der Waals surface area (Å²) < 4.78 is 1.02.